The summed E-state index contributed by atoms with van der Waals surface area (Å²) in [5.41, 5.74) is 2.14. The highest BCUT2D eigenvalue weighted by atomic mass is 16.1. The lowest BCUT2D eigenvalue weighted by atomic mass is 9.47. The molecule has 0 aromatic heterocycles. The minimum Gasteiger partial charge on any atom is -0.290 e. The van der Waals surface area contributed by atoms with Crippen molar-refractivity contribution in [2.24, 2.45) is 46.3 Å². The zero-order chi connectivity index (χ0) is 20.1. The molecule has 4 rings (SSSR count). The molecule has 3 saturated carbocycles. The molecule has 4 aliphatic rings. The molecule has 1 heteroatoms. The van der Waals surface area contributed by atoms with E-state index in [9.17, 15) is 4.79 Å². The van der Waals surface area contributed by atoms with Gasteiger partial charge in [-0.2, -0.15) is 0 Å². The van der Waals surface area contributed by atoms with Gasteiger partial charge in [0.2, 0.25) is 0 Å². The minimum absolute atomic E-state index is 0.152. The Morgan fingerprint density at radius 1 is 1.04 bits per heavy atom. The van der Waals surface area contributed by atoms with Crippen molar-refractivity contribution in [3.63, 3.8) is 0 Å². The molecular formula is C27H42O. The van der Waals surface area contributed by atoms with Crippen LogP contribution in [0.4, 0.5) is 0 Å². The molecule has 1 nitrogen and oxygen atoms in total. The molecule has 0 bridgehead atoms. The van der Waals surface area contributed by atoms with Crippen LogP contribution in [0.15, 0.2) is 23.8 Å². The molecule has 7 atom stereocenters. The van der Waals surface area contributed by atoms with E-state index in [4.69, 9.17) is 0 Å². The Balaban J connectivity index is 1.50. The smallest absolute Gasteiger partial charge is 0.178 e. The molecule has 0 amide bonds. The predicted molar refractivity (Wildman–Crippen MR) is 118 cm³/mol. The van der Waals surface area contributed by atoms with Gasteiger partial charge >= 0.3 is 0 Å². The molecule has 0 aromatic rings. The first-order valence-corrected chi connectivity index (χ1v) is 12.2. The van der Waals surface area contributed by atoms with E-state index in [0.717, 1.165) is 41.9 Å². The SMILES string of the molecule is CC(C)CCC[C@H](C)[C@H]1CC[C@H]2[C@@H]3CCC4=CC(=O)C=C[C@]4(C)[C@H]3CC[C@]12C. The number of fused-ring (bicyclic) bond motifs is 5. The second-order valence-electron chi connectivity index (χ2n) is 11.6. The van der Waals surface area contributed by atoms with Crippen molar-refractivity contribution in [3.05, 3.63) is 23.8 Å². The zero-order valence-electron chi connectivity index (χ0n) is 19.0. The highest BCUT2D eigenvalue weighted by Crippen LogP contribution is 2.67. The lowest BCUT2D eigenvalue weighted by Crippen LogP contribution is -2.50. The van der Waals surface area contributed by atoms with Crippen LogP contribution in [0.2, 0.25) is 0 Å². The fraction of sp³-hybridized carbons (Fsp3) is 0.815. The lowest BCUT2D eigenvalue weighted by molar-refractivity contribution is -0.111. The summed E-state index contributed by atoms with van der Waals surface area (Å²) >= 11 is 0. The van der Waals surface area contributed by atoms with E-state index in [1.807, 2.05) is 12.2 Å². The van der Waals surface area contributed by atoms with Gasteiger partial charge < -0.3 is 0 Å². The van der Waals surface area contributed by atoms with Crippen molar-refractivity contribution >= 4 is 5.78 Å². The maximum atomic E-state index is 11.9. The van der Waals surface area contributed by atoms with Gasteiger partial charge in [0.05, 0.1) is 0 Å². The molecule has 3 fully saturated rings. The summed E-state index contributed by atoms with van der Waals surface area (Å²) < 4.78 is 0. The fourth-order valence-corrected chi connectivity index (χ4v) is 8.22. The molecule has 0 saturated heterocycles. The molecule has 0 N–H and O–H groups in total. The summed E-state index contributed by atoms with van der Waals surface area (Å²) in [6, 6.07) is 0. The van der Waals surface area contributed by atoms with Gasteiger partial charge in [0, 0.05) is 5.41 Å². The van der Waals surface area contributed by atoms with E-state index in [1.54, 1.807) is 0 Å². The monoisotopic (exact) mass is 382 g/mol. The number of hydrogen-bond donors (Lipinski definition) is 0. The van der Waals surface area contributed by atoms with Crippen LogP contribution >= 0.6 is 0 Å². The van der Waals surface area contributed by atoms with E-state index in [0.29, 0.717) is 5.41 Å². The topological polar surface area (TPSA) is 17.1 Å². The van der Waals surface area contributed by atoms with Gasteiger partial charge in [0.15, 0.2) is 5.78 Å². The number of rotatable bonds is 5. The average Bonchev–Trinajstić information content (AvgIpc) is 2.99. The van der Waals surface area contributed by atoms with Gasteiger partial charge in [-0.3, -0.25) is 4.79 Å². The largest absolute Gasteiger partial charge is 0.290 e. The second-order valence-corrected chi connectivity index (χ2v) is 11.6. The van der Waals surface area contributed by atoms with Crippen LogP contribution in [-0.2, 0) is 4.79 Å². The summed E-state index contributed by atoms with van der Waals surface area (Å²) in [5, 5.41) is 0. The Morgan fingerprint density at radius 3 is 2.57 bits per heavy atom. The Bertz CT molecular complexity index is 670. The lowest BCUT2D eigenvalue weighted by Gasteiger charge is -2.57. The number of carbonyl (C=O) groups is 1. The Morgan fingerprint density at radius 2 is 1.82 bits per heavy atom. The van der Waals surface area contributed by atoms with Crippen molar-refractivity contribution in [1.29, 1.82) is 0 Å². The molecule has 0 spiro atoms. The second kappa shape index (κ2) is 7.44. The summed E-state index contributed by atoms with van der Waals surface area (Å²) in [5.74, 6) is 5.40. The van der Waals surface area contributed by atoms with Crippen molar-refractivity contribution in [3.8, 4) is 0 Å². The van der Waals surface area contributed by atoms with Crippen LogP contribution in [0, 0.1) is 46.3 Å². The average molecular weight is 383 g/mol. The Hall–Kier alpha value is -0.850. The number of carbonyl (C=O) groups excluding carboxylic acids is 1. The molecule has 0 aliphatic heterocycles. The third kappa shape index (κ3) is 3.25. The van der Waals surface area contributed by atoms with Gasteiger partial charge in [0.1, 0.15) is 0 Å². The van der Waals surface area contributed by atoms with Gasteiger partial charge in [-0.25, -0.2) is 0 Å². The van der Waals surface area contributed by atoms with Crippen molar-refractivity contribution in [1.82, 2.24) is 0 Å². The third-order valence-electron chi connectivity index (χ3n) is 9.76. The maximum absolute atomic E-state index is 11.9. The van der Waals surface area contributed by atoms with Gasteiger partial charge in [0.25, 0.3) is 0 Å². The van der Waals surface area contributed by atoms with Crippen molar-refractivity contribution < 1.29 is 4.79 Å². The van der Waals surface area contributed by atoms with E-state index >= 15 is 0 Å². The van der Waals surface area contributed by atoms with Crippen LogP contribution in [0.25, 0.3) is 0 Å². The first kappa shape index (κ1) is 20.4. The highest BCUT2D eigenvalue weighted by Gasteiger charge is 2.58. The quantitative estimate of drug-likeness (QED) is 0.485. The van der Waals surface area contributed by atoms with E-state index in [1.165, 1.54) is 56.9 Å². The summed E-state index contributed by atoms with van der Waals surface area (Å²) in [7, 11) is 0. The number of ketones is 1. The van der Waals surface area contributed by atoms with Crippen molar-refractivity contribution in [2.45, 2.75) is 92.4 Å². The normalized spacial score (nSPS) is 43.4. The molecule has 156 valence electrons. The molecular weight excluding hydrogens is 340 g/mol. The molecule has 0 heterocycles. The molecule has 28 heavy (non-hydrogen) atoms. The van der Waals surface area contributed by atoms with Crippen LogP contribution < -0.4 is 0 Å². The van der Waals surface area contributed by atoms with Gasteiger partial charge in [-0.1, -0.05) is 65.5 Å². The molecule has 0 radical (unpaired) electrons. The summed E-state index contributed by atoms with van der Waals surface area (Å²) in [6.07, 6.45) is 18.5. The van der Waals surface area contributed by atoms with Crippen LogP contribution in [-0.4, -0.2) is 5.78 Å². The van der Waals surface area contributed by atoms with Gasteiger partial charge in [-0.15, -0.1) is 0 Å². The Labute approximate surface area is 173 Å². The van der Waals surface area contributed by atoms with Crippen LogP contribution in [0.5, 0.6) is 0 Å². The van der Waals surface area contributed by atoms with E-state index in [-0.39, 0.29) is 11.2 Å². The number of allylic oxidation sites excluding steroid dienone is 4. The van der Waals surface area contributed by atoms with E-state index in [2.05, 4.69) is 40.7 Å². The Kier molecular flexibility index (Phi) is 5.43. The first-order chi connectivity index (χ1) is 13.3. The first-order valence-electron chi connectivity index (χ1n) is 12.2. The van der Waals surface area contributed by atoms with E-state index < -0.39 is 0 Å². The molecule has 0 unspecified atom stereocenters. The van der Waals surface area contributed by atoms with Crippen LogP contribution in [0.1, 0.15) is 92.4 Å². The van der Waals surface area contributed by atoms with Crippen molar-refractivity contribution in [2.75, 3.05) is 0 Å². The molecule has 4 aliphatic carbocycles. The predicted octanol–water partition coefficient (Wildman–Crippen LogP) is 7.37. The molecule has 0 aromatic carbocycles. The standard InChI is InChI=1S/C27H42O/c1-18(2)7-6-8-19(3)23-11-12-24-22-10-9-20-17-21(28)13-15-26(20,4)25(22)14-16-27(23,24)5/h13,15,17-19,22-25H,6-12,14,16H2,1-5H3/t19-,22-,23+,24-,25-,26-,27+/m0/s1. The van der Waals surface area contributed by atoms with Gasteiger partial charge in [-0.05, 0) is 91.6 Å². The number of hydrogen-bond acceptors (Lipinski definition) is 1. The fourth-order valence-electron chi connectivity index (χ4n) is 8.22. The highest BCUT2D eigenvalue weighted by molar-refractivity contribution is 6.01. The maximum Gasteiger partial charge on any atom is 0.178 e. The van der Waals surface area contributed by atoms with Crippen LogP contribution in [0.3, 0.4) is 0 Å². The summed E-state index contributed by atoms with van der Waals surface area (Å²) in [6.45, 7) is 12.4. The third-order valence-corrected chi connectivity index (χ3v) is 9.76. The summed E-state index contributed by atoms with van der Waals surface area (Å²) in [4.78, 5) is 11.9. The minimum atomic E-state index is 0.152. The zero-order valence-corrected chi connectivity index (χ0v) is 19.0.